The van der Waals surface area contributed by atoms with Crippen LogP contribution in [0.2, 0.25) is 0 Å². The van der Waals surface area contributed by atoms with Crippen molar-refractivity contribution in [2.75, 3.05) is 13.1 Å². The summed E-state index contributed by atoms with van der Waals surface area (Å²) in [6.07, 6.45) is 1.09. The lowest BCUT2D eigenvalue weighted by Crippen LogP contribution is -2.42. The van der Waals surface area contributed by atoms with Gasteiger partial charge in [-0.3, -0.25) is 4.79 Å². The van der Waals surface area contributed by atoms with E-state index >= 15 is 0 Å². The van der Waals surface area contributed by atoms with Crippen LogP contribution >= 0.6 is 0 Å². The molecule has 1 aliphatic rings. The summed E-state index contributed by atoms with van der Waals surface area (Å²) in [5, 5.41) is 0. The standard InChI is InChI=1S/C21H28N2O4S/c1-14-10-15(2)21(16(3)11-14)28(25,26)23-8-6-18(7-9-23)27-19-12-17(4)22(5)20(24)13-19/h10-13,18H,6-9H2,1-5H3. The van der Waals surface area contributed by atoms with Gasteiger partial charge in [-0.15, -0.1) is 0 Å². The molecular formula is C21H28N2O4S. The van der Waals surface area contributed by atoms with Crippen LogP contribution in [0.15, 0.2) is 34.0 Å². The Hall–Kier alpha value is -2.12. The van der Waals surface area contributed by atoms with Crippen molar-refractivity contribution in [1.82, 2.24) is 8.87 Å². The van der Waals surface area contributed by atoms with Crippen LogP contribution in [-0.2, 0) is 17.1 Å². The molecule has 3 rings (SSSR count). The van der Waals surface area contributed by atoms with Gasteiger partial charge in [-0.25, -0.2) is 8.42 Å². The Labute approximate surface area is 166 Å². The zero-order chi connectivity index (χ0) is 20.6. The number of aryl methyl sites for hydroxylation is 4. The predicted octanol–water partition coefficient (Wildman–Crippen LogP) is 2.85. The van der Waals surface area contributed by atoms with Gasteiger partial charge in [0.05, 0.1) is 4.90 Å². The number of ether oxygens (including phenoxy) is 1. The van der Waals surface area contributed by atoms with E-state index in [1.165, 1.54) is 6.07 Å². The smallest absolute Gasteiger partial charge is 0.254 e. The highest BCUT2D eigenvalue weighted by Gasteiger charge is 2.32. The molecule has 28 heavy (non-hydrogen) atoms. The monoisotopic (exact) mass is 404 g/mol. The first kappa shape index (κ1) is 20.6. The number of aromatic nitrogens is 1. The van der Waals surface area contributed by atoms with Gasteiger partial charge in [0.1, 0.15) is 11.9 Å². The number of sulfonamides is 1. The number of nitrogens with zero attached hydrogens (tertiary/aromatic N) is 2. The van der Waals surface area contributed by atoms with Crippen LogP contribution in [0, 0.1) is 27.7 Å². The third-order valence-electron chi connectivity index (χ3n) is 5.38. The molecule has 7 heteroatoms. The number of rotatable bonds is 4. The maximum atomic E-state index is 13.2. The molecule has 0 N–H and O–H groups in total. The molecule has 0 aliphatic carbocycles. The number of pyridine rings is 1. The molecule has 1 aromatic heterocycles. The van der Waals surface area contributed by atoms with E-state index < -0.39 is 10.0 Å². The summed E-state index contributed by atoms with van der Waals surface area (Å²) in [5.74, 6) is 0.548. The fourth-order valence-electron chi connectivity index (χ4n) is 3.89. The quantitative estimate of drug-likeness (QED) is 0.786. The average molecular weight is 405 g/mol. The molecule has 2 heterocycles. The van der Waals surface area contributed by atoms with Gasteiger partial charge in [-0.2, -0.15) is 4.31 Å². The van der Waals surface area contributed by atoms with E-state index in [4.69, 9.17) is 4.74 Å². The molecule has 6 nitrogen and oxygen atoms in total. The minimum absolute atomic E-state index is 0.0989. The molecule has 2 aromatic rings. The lowest BCUT2D eigenvalue weighted by molar-refractivity contribution is 0.134. The van der Waals surface area contributed by atoms with Crippen molar-refractivity contribution in [1.29, 1.82) is 0 Å². The number of hydrogen-bond acceptors (Lipinski definition) is 4. The molecule has 0 saturated carbocycles. The maximum Gasteiger partial charge on any atom is 0.254 e. The molecule has 1 aliphatic heterocycles. The topological polar surface area (TPSA) is 68.6 Å². The second-order valence-electron chi connectivity index (χ2n) is 7.68. The summed E-state index contributed by atoms with van der Waals surface area (Å²) >= 11 is 0. The third kappa shape index (κ3) is 4.00. The second kappa shape index (κ2) is 7.72. The lowest BCUT2D eigenvalue weighted by Gasteiger charge is -2.32. The van der Waals surface area contributed by atoms with Gasteiger partial charge in [0.15, 0.2) is 0 Å². The van der Waals surface area contributed by atoms with Crippen LogP contribution in [0.4, 0.5) is 0 Å². The van der Waals surface area contributed by atoms with Gasteiger partial charge in [0.25, 0.3) is 5.56 Å². The van der Waals surface area contributed by atoms with Crippen LogP contribution in [-0.4, -0.2) is 36.5 Å². The van der Waals surface area contributed by atoms with E-state index in [0.29, 0.717) is 36.6 Å². The Morgan fingerprint density at radius 3 is 2.07 bits per heavy atom. The highest BCUT2D eigenvalue weighted by atomic mass is 32.2. The van der Waals surface area contributed by atoms with Gasteiger partial charge in [0.2, 0.25) is 10.0 Å². The molecule has 1 saturated heterocycles. The molecule has 0 bridgehead atoms. The van der Waals surface area contributed by atoms with Crippen LogP contribution in [0.5, 0.6) is 5.75 Å². The van der Waals surface area contributed by atoms with Crippen molar-refractivity contribution >= 4 is 10.0 Å². The summed E-state index contributed by atoms with van der Waals surface area (Å²) in [6.45, 7) is 8.34. The van der Waals surface area contributed by atoms with Crippen molar-refractivity contribution in [3.05, 3.63) is 57.0 Å². The molecule has 1 aromatic carbocycles. The Kier molecular flexibility index (Phi) is 5.68. The number of hydrogen-bond donors (Lipinski definition) is 0. The largest absolute Gasteiger partial charge is 0.490 e. The summed E-state index contributed by atoms with van der Waals surface area (Å²) in [6, 6.07) is 7.14. The predicted molar refractivity (Wildman–Crippen MR) is 109 cm³/mol. The van der Waals surface area contributed by atoms with Gasteiger partial charge < -0.3 is 9.30 Å². The SMILES string of the molecule is Cc1cc(C)c(S(=O)(=O)N2CCC(Oc3cc(C)n(C)c(=O)c3)CC2)c(C)c1. The molecule has 0 atom stereocenters. The Morgan fingerprint density at radius 2 is 1.54 bits per heavy atom. The number of benzene rings is 1. The minimum Gasteiger partial charge on any atom is -0.490 e. The molecular weight excluding hydrogens is 376 g/mol. The van der Waals surface area contributed by atoms with Gasteiger partial charge in [-0.05, 0) is 57.7 Å². The third-order valence-corrected chi connectivity index (χ3v) is 7.59. The molecule has 0 spiro atoms. The van der Waals surface area contributed by atoms with E-state index in [0.717, 1.165) is 22.4 Å². The van der Waals surface area contributed by atoms with Gasteiger partial charge >= 0.3 is 0 Å². The Morgan fingerprint density at radius 1 is 0.964 bits per heavy atom. The Bertz CT molecular complexity index is 1030. The van der Waals surface area contributed by atoms with Gasteiger partial charge in [-0.1, -0.05) is 17.7 Å². The summed E-state index contributed by atoms with van der Waals surface area (Å²) in [4.78, 5) is 12.3. The highest BCUT2D eigenvalue weighted by molar-refractivity contribution is 7.89. The fourth-order valence-corrected chi connectivity index (χ4v) is 5.77. The van der Waals surface area contributed by atoms with Crippen LogP contribution in [0.1, 0.15) is 35.2 Å². The summed E-state index contributed by atoms with van der Waals surface area (Å²) in [5.41, 5.74) is 3.34. The molecule has 152 valence electrons. The van der Waals surface area contributed by atoms with Crippen molar-refractivity contribution in [3.63, 3.8) is 0 Å². The van der Waals surface area contributed by atoms with E-state index in [-0.39, 0.29) is 11.7 Å². The first-order valence-corrected chi connectivity index (χ1v) is 11.0. The van der Waals surface area contributed by atoms with E-state index in [1.807, 2.05) is 45.9 Å². The first-order valence-electron chi connectivity index (χ1n) is 9.52. The van der Waals surface area contributed by atoms with E-state index in [9.17, 15) is 13.2 Å². The normalized spacial score (nSPS) is 16.3. The highest BCUT2D eigenvalue weighted by Crippen LogP contribution is 2.28. The minimum atomic E-state index is -3.53. The second-order valence-corrected chi connectivity index (χ2v) is 9.55. The van der Waals surface area contributed by atoms with Crippen LogP contribution in [0.25, 0.3) is 0 Å². The first-order chi connectivity index (χ1) is 13.1. The van der Waals surface area contributed by atoms with Crippen molar-refractivity contribution in [3.8, 4) is 5.75 Å². The zero-order valence-electron chi connectivity index (χ0n) is 17.2. The van der Waals surface area contributed by atoms with E-state index in [1.54, 1.807) is 15.9 Å². The summed E-state index contributed by atoms with van der Waals surface area (Å²) in [7, 11) is -1.81. The van der Waals surface area contributed by atoms with Crippen molar-refractivity contribution < 1.29 is 13.2 Å². The molecule has 0 amide bonds. The molecule has 0 radical (unpaired) electrons. The molecule has 1 fully saturated rings. The van der Waals surface area contributed by atoms with Crippen LogP contribution in [0.3, 0.4) is 0 Å². The van der Waals surface area contributed by atoms with Crippen molar-refractivity contribution in [2.45, 2.75) is 51.5 Å². The zero-order valence-corrected chi connectivity index (χ0v) is 18.0. The number of piperidine rings is 1. The van der Waals surface area contributed by atoms with Crippen LogP contribution < -0.4 is 10.3 Å². The van der Waals surface area contributed by atoms with E-state index in [2.05, 4.69) is 0 Å². The average Bonchev–Trinajstić information content (AvgIpc) is 2.59. The lowest BCUT2D eigenvalue weighted by atomic mass is 10.1. The van der Waals surface area contributed by atoms with Gasteiger partial charge in [0, 0.05) is 31.9 Å². The molecule has 0 unspecified atom stereocenters. The van der Waals surface area contributed by atoms with Crippen molar-refractivity contribution in [2.24, 2.45) is 7.05 Å². The Balaban J connectivity index is 1.72. The fraction of sp³-hybridized carbons (Fsp3) is 0.476. The summed E-state index contributed by atoms with van der Waals surface area (Å²) < 4.78 is 35.4. The maximum absolute atomic E-state index is 13.2.